The van der Waals surface area contributed by atoms with Crippen LogP contribution in [0, 0.1) is 0 Å². The van der Waals surface area contributed by atoms with Crippen molar-refractivity contribution < 1.29 is 14.3 Å². The molecule has 1 aliphatic rings. The normalized spacial score (nSPS) is 16.3. The lowest BCUT2D eigenvalue weighted by molar-refractivity contribution is -0.123. The molecule has 2 rings (SSSR count). The molecule has 0 spiro atoms. The van der Waals surface area contributed by atoms with E-state index in [0.29, 0.717) is 25.5 Å². The number of carbonyl (C=O) groups excluding carboxylic acids is 1. The highest BCUT2D eigenvalue weighted by Crippen LogP contribution is 2.17. The molecule has 142 valence electrons. The first-order valence-electron chi connectivity index (χ1n) is 8.87. The van der Waals surface area contributed by atoms with E-state index < -0.39 is 0 Å². The van der Waals surface area contributed by atoms with Gasteiger partial charge in [-0.1, -0.05) is 38.1 Å². The van der Waals surface area contributed by atoms with Gasteiger partial charge in [0.05, 0.1) is 12.7 Å². The fourth-order valence-corrected chi connectivity index (χ4v) is 2.72. The Kier molecular flexibility index (Phi) is 10.0. The van der Waals surface area contributed by atoms with Crippen molar-refractivity contribution in [2.24, 2.45) is 5.73 Å². The predicted octanol–water partition coefficient (Wildman–Crippen LogP) is 2.93. The van der Waals surface area contributed by atoms with E-state index in [0.717, 1.165) is 31.6 Å². The highest BCUT2D eigenvalue weighted by Gasteiger charge is 2.15. The first-order chi connectivity index (χ1) is 11.6. The number of hydrogen-bond acceptors (Lipinski definition) is 4. The van der Waals surface area contributed by atoms with Gasteiger partial charge in [-0.2, -0.15) is 0 Å². The fraction of sp³-hybridized carbons (Fsp3) is 0.632. The highest BCUT2D eigenvalue weighted by molar-refractivity contribution is 5.85. The first kappa shape index (κ1) is 21.9. The minimum atomic E-state index is -0.188. The van der Waals surface area contributed by atoms with Crippen LogP contribution in [0.2, 0.25) is 0 Å². The molecular formula is C19H31ClN2O3. The Hall–Kier alpha value is -1.14. The van der Waals surface area contributed by atoms with Crippen molar-refractivity contribution in [3.63, 3.8) is 0 Å². The molecule has 6 heteroatoms. The SMILES string of the molecule is CC(C)c1ccc(C(N)CNC(=O)CCOC2CCOCC2)cc1.Cl. The topological polar surface area (TPSA) is 73.6 Å². The van der Waals surface area contributed by atoms with Crippen LogP contribution in [-0.4, -0.2) is 38.4 Å². The van der Waals surface area contributed by atoms with Crippen LogP contribution in [0.1, 0.15) is 56.2 Å². The van der Waals surface area contributed by atoms with E-state index in [-0.39, 0.29) is 30.5 Å². The number of rotatable bonds is 8. The summed E-state index contributed by atoms with van der Waals surface area (Å²) in [5, 5.41) is 2.89. The molecule has 0 radical (unpaired) electrons. The minimum Gasteiger partial charge on any atom is -0.381 e. The van der Waals surface area contributed by atoms with Crippen LogP contribution in [0.4, 0.5) is 0 Å². The average molecular weight is 371 g/mol. The first-order valence-corrected chi connectivity index (χ1v) is 8.87. The summed E-state index contributed by atoms with van der Waals surface area (Å²) < 4.78 is 11.0. The summed E-state index contributed by atoms with van der Waals surface area (Å²) >= 11 is 0. The molecule has 25 heavy (non-hydrogen) atoms. The van der Waals surface area contributed by atoms with Gasteiger partial charge in [0.15, 0.2) is 0 Å². The van der Waals surface area contributed by atoms with Crippen molar-refractivity contribution in [1.29, 1.82) is 0 Å². The molecule has 0 aliphatic carbocycles. The quantitative estimate of drug-likeness (QED) is 0.737. The van der Waals surface area contributed by atoms with Crippen molar-refractivity contribution >= 4 is 18.3 Å². The summed E-state index contributed by atoms with van der Waals surface area (Å²) in [7, 11) is 0. The summed E-state index contributed by atoms with van der Waals surface area (Å²) in [5.41, 5.74) is 8.49. The lowest BCUT2D eigenvalue weighted by Crippen LogP contribution is -2.33. The number of carbonyl (C=O) groups is 1. The maximum absolute atomic E-state index is 11.9. The Morgan fingerprint density at radius 3 is 2.44 bits per heavy atom. The van der Waals surface area contributed by atoms with Gasteiger partial charge in [-0.05, 0) is 29.9 Å². The van der Waals surface area contributed by atoms with Gasteiger partial charge in [0.2, 0.25) is 5.91 Å². The maximum Gasteiger partial charge on any atom is 0.222 e. The summed E-state index contributed by atoms with van der Waals surface area (Å²) in [6.45, 7) is 6.73. The van der Waals surface area contributed by atoms with Gasteiger partial charge >= 0.3 is 0 Å². The summed E-state index contributed by atoms with van der Waals surface area (Å²) in [6.07, 6.45) is 2.43. The summed E-state index contributed by atoms with van der Waals surface area (Å²) in [4.78, 5) is 11.9. The molecule has 1 fully saturated rings. The molecule has 0 aromatic heterocycles. The number of nitrogens with two attached hydrogens (primary N) is 1. The molecule has 0 bridgehead atoms. The van der Waals surface area contributed by atoms with Crippen LogP contribution in [0.5, 0.6) is 0 Å². The molecule has 3 N–H and O–H groups in total. The van der Waals surface area contributed by atoms with E-state index in [4.69, 9.17) is 15.2 Å². The third-order valence-electron chi connectivity index (χ3n) is 4.40. The van der Waals surface area contributed by atoms with Crippen molar-refractivity contribution in [2.75, 3.05) is 26.4 Å². The number of halogens is 1. The summed E-state index contributed by atoms with van der Waals surface area (Å²) in [6, 6.07) is 8.10. The van der Waals surface area contributed by atoms with Crippen LogP contribution < -0.4 is 11.1 Å². The maximum atomic E-state index is 11.9. The molecule has 1 atom stereocenters. The standard InChI is InChI=1S/C19H30N2O3.ClH/c1-14(2)15-3-5-16(6-4-15)18(20)13-21-19(22)9-12-24-17-7-10-23-11-8-17;/h3-6,14,17-18H,7-13,20H2,1-2H3,(H,21,22);1H. The molecule has 1 saturated heterocycles. The van der Waals surface area contributed by atoms with Gasteiger partial charge in [-0.3, -0.25) is 4.79 Å². The zero-order valence-electron chi connectivity index (χ0n) is 15.2. The van der Waals surface area contributed by atoms with E-state index in [2.05, 4.69) is 31.3 Å². The Morgan fingerprint density at radius 2 is 1.84 bits per heavy atom. The second kappa shape index (κ2) is 11.5. The molecule has 1 heterocycles. The number of hydrogen-bond donors (Lipinski definition) is 2. The van der Waals surface area contributed by atoms with E-state index in [9.17, 15) is 4.79 Å². The number of nitrogens with one attached hydrogen (secondary N) is 1. The van der Waals surface area contributed by atoms with Gasteiger partial charge in [0.1, 0.15) is 0 Å². The predicted molar refractivity (Wildman–Crippen MR) is 102 cm³/mol. The van der Waals surface area contributed by atoms with Gasteiger partial charge < -0.3 is 20.5 Å². The van der Waals surface area contributed by atoms with Crippen LogP contribution in [0.15, 0.2) is 24.3 Å². The van der Waals surface area contributed by atoms with Crippen molar-refractivity contribution in [3.05, 3.63) is 35.4 Å². The van der Waals surface area contributed by atoms with Crippen molar-refractivity contribution in [1.82, 2.24) is 5.32 Å². The van der Waals surface area contributed by atoms with Crippen molar-refractivity contribution in [3.8, 4) is 0 Å². The lowest BCUT2D eigenvalue weighted by Gasteiger charge is -2.22. The second-order valence-corrected chi connectivity index (χ2v) is 6.66. The third kappa shape index (κ3) is 7.74. The van der Waals surface area contributed by atoms with E-state index in [1.807, 2.05) is 12.1 Å². The fourth-order valence-electron chi connectivity index (χ4n) is 2.72. The van der Waals surface area contributed by atoms with Crippen LogP contribution in [0.3, 0.4) is 0 Å². The minimum absolute atomic E-state index is 0. The monoisotopic (exact) mass is 370 g/mol. The Bertz CT molecular complexity index is 502. The lowest BCUT2D eigenvalue weighted by atomic mass is 9.99. The van der Waals surface area contributed by atoms with Gasteiger partial charge in [-0.15, -0.1) is 12.4 Å². The number of ether oxygens (including phenoxy) is 2. The Labute approximate surface area is 157 Å². The molecule has 1 aliphatic heterocycles. The number of benzene rings is 1. The van der Waals surface area contributed by atoms with Gasteiger partial charge in [-0.25, -0.2) is 0 Å². The molecular weight excluding hydrogens is 340 g/mol. The Morgan fingerprint density at radius 1 is 1.24 bits per heavy atom. The van der Waals surface area contributed by atoms with Gasteiger partial charge in [0, 0.05) is 32.2 Å². The zero-order chi connectivity index (χ0) is 17.4. The van der Waals surface area contributed by atoms with E-state index >= 15 is 0 Å². The Balaban J connectivity index is 0.00000312. The van der Waals surface area contributed by atoms with Crippen LogP contribution >= 0.6 is 12.4 Å². The smallest absolute Gasteiger partial charge is 0.222 e. The van der Waals surface area contributed by atoms with Crippen LogP contribution in [0.25, 0.3) is 0 Å². The van der Waals surface area contributed by atoms with Gasteiger partial charge in [0.25, 0.3) is 0 Å². The van der Waals surface area contributed by atoms with Crippen molar-refractivity contribution in [2.45, 2.75) is 51.2 Å². The second-order valence-electron chi connectivity index (χ2n) is 6.66. The molecule has 5 nitrogen and oxygen atoms in total. The highest BCUT2D eigenvalue weighted by atomic mass is 35.5. The largest absolute Gasteiger partial charge is 0.381 e. The van der Waals surface area contributed by atoms with Crippen LogP contribution in [-0.2, 0) is 14.3 Å². The van der Waals surface area contributed by atoms with E-state index in [1.165, 1.54) is 5.56 Å². The molecule has 1 amide bonds. The average Bonchev–Trinajstić information content (AvgIpc) is 2.60. The van der Waals surface area contributed by atoms with E-state index in [1.54, 1.807) is 0 Å². The molecule has 1 unspecified atom stereocenters. The molecule has 1 aromatic carbocycles. The third-order valence-corrected chi connectivity index (χ3v) is 4.40. The molecule has 1 aromatic rings. The summed E-state index contributed by atoms with van der Waals surface area (Å²) in [5.74, 6) is 0.488. The zero-order valence-corrected chi connectivity index (χ0v) is 16.0. The molecule has 0 saturated carbocycles. The number of amides is 1.